The molecule has 1 heterocycles. The second-order valence-electron chi connectivity index (χ2n) is 6.04. The second kappa shape index (κ2) is 8.22. The minimum atomic E-state index is -1.22. The maximum absolute atomic E-state index is 11.5. The molecular formula is C19H15N5O6. The molecule has 0 aliphatic carbocycles. The molecule has 0 saturated carbocycles. The quantitative estimate of drug-likeness (QED) is 0.334. The summed E-state index contributed by atoms with van der Waals surface area (Å²) in [4.78, 5) is 41.8. The van der Waals surface area contributed by atoms with Crippen molar-refractivity contribution in [3.8, 4) is 0 Å². The monoisotopic (exact) mass is 409 g/mol. The minimum absolute atomic E-state index is 0.000567. The van der Waals surface area contributed by atoms with Crippen molar-refractivity contribution in [1.29, 1.82) is 0 Å². The molecule has 152 valence electrons. The number of carboxylic acid groups (broad SMARTS) is 2. The Balaban J connectivity index is 2.08. The van der Waals surface area contributed by atoms with E-state index < -0.39 is 22.5 Å². The van der Waals surface area contributed by atoms with E-state index in [0.29, 0.717) is 0 Å². The van der Waals surface area contributed by atoms with Gasteiger partial charge in [-0.05, 0) is 31.2 Å². The van der Waals surface area contributed by atoms with Crippen molar-refractivity contribution in [2.75, 3.05) is 10.6 Å². The van der Waals surface area contributed by atoms with E-state index in [4.69, 9.17) is 0 Å². The third-order valence-electron chi connectivity index (χ3n) is 4.06. The van der Waals surface area contributed by atoms with Gasteiger partial charge in [0.15, 0.2) is 0 Å². The highest BCUT2D eigenvalue weighted by molar-refractivity contribution is 5.96. The predicted octanol–water partition coefficient (Wildman–Crippen LogP) is 3.58. The normalized spacial score (nSPS) is 10.3. The predicted molar refractivity (Wildman–Crippen MR) is 107 cm³/mol. The number of benzene rings is 2. The number of para-hydroxylation sites is 2. The van der Waals surface area contributed by atoms with Crippen molar-refractivity contribution in [1.82, 2.24) is 9.97 Å². The van der Waals surface area contributed by atoms with E-state index in [9.17, 15) is 29.9 Å². The Morgan fingerprint density at radius 3 is 1.90 bits per heavy atom. The molecule has 3 aromatic rings. The van der Waals surface area contributed by atoms with E-state index in [1.54, 1.807) is 18.2 Å². The number of anilines is 4. The number of hydrogen-bond donors (Lipinski definition) is 4. The molecule has 3 rings (SSSR count). The zero-order valence-corrected chi connectivity index (χ0v) is 15.5. The first-order chi connectivity index (χ1) is 14.3. The lowest BCUT2D eigenvalue weighted by molar-refractivity contribution is -0.385. The lowest BCUT2D eigenvalue weighted by Crippen LogP contribution is -2.10. The van der Waals surface area contributed by atoms with Gasteiger partial charge in [-0.15, -0.1) is 0 Å². The SMILES string of the molecule is Cc1nc(Nc2ccccc2C(=O)O)nc(Nc2ccccc2C(=O)O)c1[N+](=O)[O-]. The third kappa shape index (κ3) is 4.14. The van der Waals surface area contributed by atoms with Crippen LogP contribution in [0.15, 0.2) is 48.5 Å². The molecule has 1 aromatic heterocycles. The third-order valence-corrected chi connectivity index (χ3v) is 4.06. The first-order valence-corrected chi connectivity index (χ1v) is 8.49. The standard InChI is InChI=1S/C19H15N5O6/c1-10-15(24(29)30)16(21-13-8-4-2-6-11(13)17(25)26)23-19(20-10)22-14-9-5-3-7-12(14)18(27)28/h2-9H,1H3,(H,25,26)(H,27,28)(H2,20,21,22,23). The van der Waals surface area contributed by atoms with Crippen LogP contribution in [0.3, 0.4) is 0 Å². The Kier molecular flexibility index (Phi) is 5.54. The maximum Gasteiger partial charge on any atom is 0.337 e. The fourth-order valence-electron chi connectivity index (χ4n) is 2.73. The zero-order valence-electron chi connectivity index (χ0n) is 15.5. The number of carbonyl (C=O) groups is 2. The molecule has 0 aliphatic rings. The van der Waals surface area contributed by atoms with Gasteiger partial charge in [0.25, 0.3) is 0 Å². The van der Waals surface area contributed by atoms with E-state index in [2.05, 4.69) is 20.6 Å². The summed E-state index contributed by atoms with van der Waals surface area (Å²) >= 11 is 0. The molecule has 0 amide bonds. The number of carboxylic acids is 2. The Labute approximate surface area is 169 Å². The Bertz CT molecular complexity index is 1160. The summed E-state index contributed by atoms with van der Waals surface area (Å²) in [7, 11) is 0. The largest absolute Gasteiger partial charge is 0.478 e. The number of nitrogens with zero attached hydrogens (tertiary/aromatic N) is 3. The van der Waals surface area contributed by atoms with Crippen molar-refractivity contribution >= 4 is 40.8 Å². The first-order valence-electron chi connectivity index (χ1n) is 8.49. The highest BCUT2D eigenvalue weighted by Gasteiger charge is 2.24. The van der Waals surface area contributed by atoms with Gasteiger partial charge in [-0.25, -0.2) is 14.6 Å². The molecule has 11 heteroatoms. The van der Waals surface area contributed by atoms with Crippen LogP contribution >= 0.6 is 0 Å². The Hall–Kier alpha value is -4.54. The van der Waals surface area contributed by atoms with E-state index in [0.717, 1.165) is 0 Å². The number of nitrogens with one attached hydrogen (secondary N) is 2. The zero-order chi connectivity index (χ0) is 21.8. The molecule has 0 spiro atoms. The highest BCUT2D eigenvalue weighted by Crippen LogP contribution is 2.31. The Morgan fingerprint density at radius 1 is 0.900 bits per heavy atom. The summed E-state index contributed by atoms with van der Waals surface area (Å²) in [6, 6.07) is 11.9. The molecular weight excluding hydrogens is 394 g/mol. The number of nitro groups is 1. The summed E-state index contributed by atoms with van der Waals surface area (Å²) in [6.07, 6.45) is 0. The summed E-state index contributed by atoms with van der Waals surface area (Å²) in [5.74, 6) is -2.73. The molecule has 0 fully saturated rings. The molecule has 4 N–H and O–H groups in total. The van der Waals surface area contributed by atoms with E-state index >= 15 is 0 Å². The van der Waals surface area contributed by atoms with Crippen LogP contribution in [0.2, 0.25) is 0 Å². The molecule has 2 aromatic carbocycles. The van der Waals surface area contributed by atoms with Crippen molar-refractivity contribution in [3.05, 3.63) is 75.5 Å². The van der Waals surface area contributed by atoms with E-state index in [1.807, 2.05) is 0 Å². The molecule has 0 bridgehead atoms. The van der Waals surface area contributed by atoms with Gasteiger partial charge in [0.2, 0.25) is 11.8 Å². The number of rotatable bonds is 7. The van der Waals surface area contributed by atoms with Crippen LogP contribution in [-0.4, -0.2) is 37.0 Å². The summed E-state index contributed by atoms with van der Waals surface area (Å²) in [5.41, 5.74) is -0.289. The molecule has 11 nitrogen and oxygen atoms in total. The molecule has 0 unspecified atom stereocenters. The van der Waals surface area contributed by atoms with Crippen LogP contribution in [-0.2, 0) is 0 Å². The Morgan fingerprint density at radius 2 is 1.40 bits per heavy atom. The van der Waals surface area contributed by atoms with Crippen molar-refractivity contribution in [2.24, 2.45) is 0 Å². The van der Waals surface area contributed by atoms with Gasteiger partial charge in [0, 0.05) is 0 Å². The fraction of sp³-hybridized carbons (Fsp3) is 0.0526. The smallest absolute Gasteiger partial charge is 0.337 e. The fourth-order valence-corrected chi connectivity index (χ4v) is 2.73. The number of aromatic carboxylic acids is 2. The topological polar surface area (TPSA) is 168 Å². The van der Waals surface area contributed by atoms with Crippen molar-refractivity contribution in [3.63, 3.8) is 0 Å². The number of aromatic nitrogens is 2. The summed E-state index contributed by atoms with van der Waals surface area (Å²) < 4.78 is 0. The molecule has 0 saturated heterocycles. The van der Waals surface area contributed by atoms with Crippen LogP contribution < -0.4 is 10.6 Å². The van der Waals surface area contributed by atoms with Gasteiger partial charge >= 0.3 is 17.6 Å². The molecule has 30 heavy (non-hydrogen) atoms. The first kappa shape index (κ1) is 20.2. The lowest BCUT2D eigenvalue weighted by Gasteiger charge is -2.13. The van der Waals surface area contributed by atoms with Gasteiger partial charge in [-0.3, -0.25) is 10.1 Å². The van der Waals surface area contributed by atoms with E-state index in [-0.39, 0.29) is 40.0 Å². The second-order valence-corrected chi connectivity index (χ2v) is 6.04. The van der Waals surface area contributed by atoms with Gasteiger partial charge in [0.05, 0.1) is 27.4 Å². The van der Waals surface area contributed by atoms with Gasteiger partial charge in [-0.1, -0.05) is 24.3 Å². The number of hydrogen-bond acceptors (Lipinski definition) is 8. The van der Waals surface area contributed by atoms with Crippen LogP contribution in [0.1, 0.15) is 26.4 Å². The van der Waals surface area contributed by atoms with Gasteiger partial charge in [-0.2, -0.15) is 4.98 Å². The van der Waals surface area contributed by atoms with Crippen LogP contribution in [0.5, 0.6) is 0 Å². The summed E-state index contributed by atoms with van der Waals surface area (Å²) in [6.45, 7) is 1.39. The van der Waals surface area contributed by atoms with Crippen molar-refractivity contribution < 1.29 is 24.7 Å². The van der Waals surface area contributed by atoms with Crippen molar-refractivity contribution in [2.45, 2.75) is 6.92 Å². The molecule has 0 atom stereocenters. The average Bonchev–Trinajstić information content (AvgIpc) is 2.68. The lowest BCUT2D eigenvalue weighted by atomic mass is 10.1. The maximum atomic E-state index is 11.5. The molecule has 0 aliphatic heterocycles. The van der Waals surface area contributed by atoms with Crippen LogP contribution in [0.25, 0.3) is 0 Å². The molecule has 0 radical (unpaired) electrons. The highest BCUT2D eigenvalue weighted by atomic mass is 16.6. The van der Waals surface area contributed by atoms with E-state index in [1.165, 1.54) is 37.3 Å². The van der Waals surface area contributed by atoms with Crippen LogP contribution in [0.4, 0.5) is 28.8 Å². The van der Waals surface area contributed by atoms with Crippen LogP contribution in [0, 0.1) is 17.0 Å². The van der Waals surface area contributed by atoms with Gasteiger partial charge < -0.3 is 20.8 Å². The average molecular weight is 409 g/mol. The minimum Gasteiger partial charge on any atom is -0.478 e. The summed E-state index contributed by atoms with van der Waals surface area (Å²) in [5, 5.41) is 35.6. The van der Waals surface area contributed by atoms with Gasteiger partial charge in [0.1, 0.15) is 5.69 Å². The number of aryl methyl sites for hydroxylation is 1.